The van der Waals surface area contributed by atoms with Crippen LogP contribution in [0.15, 0.2) is 35.3 Å². The van der Waals surface area contributed by atoms with Crippen LogP contribution in [0.3, 0.4) is 0 Å². The zero-order valence-corrected chi connectivity index (χ0v) is 18.5. The molecule has 1 aliphatic heterocycles. The van der Waals surface area contributed by atoms with Gasteiger partial charge in [0.2, 0.25) is 5.43 Å². The van der Waals surface area contributed by atoms with Gasteiger partial charge in [-0.05, 0) is 51.3 Å². The molecule has 0 aliphatic carbocycles. The van der Waals surface area contributed by atoms with Crippen LogP contribution in [-0.2, 0) is 0 Å². The summed E-state index contributed by atoms with van der Waals surface area (Å²) in [5.74, 6) is -3.83. The topological polar surface area (TPSA) is 88.6 Å². The van der Waals surface area contributed by atoms with Crippen LogP contribution < -0.4 is 16.1 Å². The molecule has 0 amide bonds. The van der Waals surface area contributed by atoms with Gasteiger partial charge in [-0.3, -0.25) is 4.79 Å². The molecule has 3 N–H and O–H groups in total. The highest BCUT2D eigenvalue weighted by atomic mass is 19.1. The third kappa shape index (κ3) is 3.86. The van der Waals surface area contributed by atoms with Gasteiger partial charge < -0.3 is 20.3 Å². The molecule has 0 bridgehead atoms. The Kier molecular flexibility index (Phi) is 5.48. The van der Waals surface area contributed by atoms with E-state index in [2.05, 4.69) is 0 Å². The Balaban J connectivity index is 2.02. The maximum absolute atomic E-state index is 15.5. The van der Waals surface area contributed by atoms with Gasteiger partial charge in [0.15, 0.2) is 0 Å². The number of anilines is 1. The van der Waals surface area contributed by atoms with E-state index in [-0.39, 0.29) is 33.8 Å². The SMILES string of the molecule is Cc1c(F)c(N2CC[C@H](C(C)(C)N)C2)cc2c1c(=O)c(C(=O)O)cn2-c1ccc(F)cc1F. The number of fused-ring (bicyclic) bond motifs is 1. The molecular weight excluding hydrogens is 435 g/mol. The van der Waals surface area contributed by atoms with Crippen molar-refractivity contribution in [3.8, 4) is 5.69 Å². The van der Waals surface area contributed by atoms with Crippen LogP contribution in [0.25, 0.3) is 16.6 Å². The minimum atomic E-state index is -1.53. The number of carboxylic acid groups (broad SMARTS) is 1. The van der Waals surface area contributed by atoms with Crippen LogP contribution in [0.5, 0.6) is 0 Å². The third-order valence-electron chi connectivity index (χ3n) is 6.43. The van der Waals surface area contributed by atoms with Crippen LogP contribution in [0.2, 0.25) is 0 Å². The second-order valence-electron chi connectivity index (χ2n) is 9.12. The Bertz CT molecular complexity index is 1340. The number of benzene rings is 2. The van der Waals surface area contributed by atoms with E-state index < -0.39 is 40.0 Å². The van der Waals surface area contributed by atoms with E-state index in [0.29, 0.717) is 19.2 Å². The fourth-order valence-corrected chi connectivity index (χ4v) is 4.47. The molecule has 0 spiro atoms. The lowest BCUT2D eigenvalue weighted by molar-refractivity contribution is 0.0695. The van der Waals surface area contributed by atoms with E-state index in [1.807, 2.05) is 18.7 Å². The van der Waals surface area contributed by atoms with Crippen molar-refractivity contribution < 1.29 is 23.1 Å². The molecule has 4 rings (SSSR count). The van der Waals surface area contributed by atoms with Gasteiger partial charge >= 0.3 is 5.97 Å². The van der Waals surface area contributed by atoms with Crippen molar-refractivity contribution in [3.63, 3.8) is 0 Å². The maximum Gasteiger partial charge on any atom is 0.341 e. The van der Waals surface area contributed by atoms with Crippen molar-refractivity contribution in [2.45, 2.75) is 32.7 Å². The molecule has 9 heteroatoms. The molecule has 2 aromatic carbocycles. The Hall–Kier alpha value is -3.33. The van der Waals surface area contributed by atoms with Gasteiger partial charge in [0, 0.05) is 36.5 Å². The van der Waals surface area contributed by atoms with Crippen LogP contribution in [0.1, 0.15) is 36.2 Å². The lowest BCUT2D eigenvalue weighted by atomic mass is 9.88. The van der Waals surface area contributed by atoms with Crippen molar-refractivity contribution in [1.29, 1.82) is 0 Å². The quantitative estimate of drug-likeness (QED) is 0.616. The average molecular weight is 459 g/mol. The maximum atomic E-state index is 15.5. The molecule has 0 unspecified atom stereocenters. The van der Waals surface area contributed by atoms with Crippen LogP contribution in [-0.4, -0.2) is 34.3 Å². The first kappa shape index (κ1) is 22.8. The number of nitrogens with two attached hydrogens (primary N) is 1. The Morgan fingerprint density at radius 3 is 2.45 bits per heavy atom. The molecule has 1 atom stereocenters. The van der Waals surface area contributed by atoms with Crippen molar-refractivity contribution in [1.82, 2.24) is 4.57 Å². The molecule has 0 saturated carbocycles. The average Bonchev–Trinajstić information content (AvgIpc) is 3.21. The number of halogens is 3. The molecule has 1 aromatic heterocycles. The van der Waals surface area contributed by atoms with Gasteiger partial charge in [-0.15, -0.1) is 0 Å². The van der Waals surface area contributed by atoms with E-state index >= 15 is 4.39 Å². The predicted molar refractivity (Wildman–Crippen MR) is 120 cm³/mol. The minimum absolute atomic E-state index is 0.0395. The molecule has 0 radical (unpaired) electrons. The second kappa shape index (κ2) is 7.91. The van der Waals surface area contributed by atoms with Crippen LogP contribution in [0, 0.1) is 30.3 Å². The second-order valence-corrected chi connectivity index (χ2v) is 9.12. The zero-order chi connectivity index (χ0) is 24.2. The van der Waals surface area contributed by atoms with Crippen molar-refractivity contribution in [3.05, 3.63) is 69.3 Å². The highest BCUT2D eigenvalue weighted by Crippen LogP contribution is 2.35. The lowest BCUT2D eigenvalue weighted by Crippen LogP contribution is -2.42. The van der Waals surface area contributed by atoms with E-state index in [1.165, 1.54) is 13.0 Å². The number of carbonyl (C=O) groups is 1. The summed E-state index contributed by atoms with van der Waals surface area (Å²) in [6.45, 7) is 6.24. The molecule has 3 aromatic rings. The van der Waals surface area contributed by atoms with Gasteiger partial charge in [-0.1, -0.05) is 0 Å². The van der Waals surface area contributed by atoms with Crippen molar-refractivity contribution in [2.24, 2.45) is 11.7 Å². The number of aryl methyl sites for hydroxylation is 1. The smallest absolute Gasteiger partial charge is 0.341 e. The third-order valence-corrected chi connectivity index (χ3v) is 6.43. The highest BCUT2D eigenvalue weighted by Gasteiger charge is 2.34. The van der Waals surface area contributed by atoms with E-state index in [1.54, 1.807) is 0 Å². The summed E-state index contributed by atoms with van der Waals surface area (Å²) in [4.78, 5) is 26.5. The number of hydrogen-bond acceptors (Lipinski definition) is 4. The predicted octanol–water partition coefficient (Wildman–Crippen LogP) is 3.98. The Labute approximate surface area is 188 Å². The summed E-state index contributed by atoms with van der Waals surface area (Å²) in [7, 11) is 0. The largest absolute Gasteiger partial charge is 0.477 e. The van der Waals surface area contributed by atoms with Gasteiger partial charge in [0.1, 0.15) is 23.0 Å². The number of carboxylic acids is 1. The molecule has 1 fully saturated rings. The normalized spacial score (nSPS) is 16.6. The molecular formula is C24H24F3N3O3. The van der Waals surface area contributed by atoms with Gasteiger partial charge in [-0.2, -0.15) is 0 Å². The van der Waals surface area contributed by atoms with Gasteiger partial charge in [0.05, 0.1) is 22.3 Å². The van der Waals surface area contributed by atoms with Crippen molar-refractivity contribution in [2.75, 3.05) is 18.0 Å². The number of aromatic carboxylic acids is 1. The van der Waals surface area contributed by atoms with Crippen LogP contribution in [0.4, 0.5) is 18.9 Å². The number of hydrogen-bond donors (Lipinski definition) is 2. The molecule has 1 saturated heterocycles. The Morgan fingerprint density at radius 1 is 1.18 bits per heavy atom. The Morgan fingerprint density at radius 2 is 1.88 bits per heavy atom. The number of rotatable bonds is 4. The first-order chi connectivity index (χ1) is 15.4. The molecule has 2 heterocycles. The summed E-state index contributed by atoms with van der Waals surface area (Å²) in [5.41, 5.74) is 4.39. The van der Waals surface area contributed by atoms with Gasteiger partial charge in [-0.25, -0.2) is 18.0 Å². The van der Waals surface area contributed by atoms with Crippen LogP contribution >= 0.6 is 0 Å². The summed E-state index contributed by atoms with van der Waals surface area (Å²) in [6, 6.07) is 4.24. The number of aromatic nitrogens is 1. The molecule has 33 heavy (non-hydrogen) atoms. The number of nitrogens with zero attached hydrogens (tertiary/aromatic N) is 2. The van der Waals surface area contributed by atoms with Crippen molar-refractivity contribution >= 4 is 22.6 Å². The summed E-state index contributed by atoms with van der Waals surface area (Å²) in [5, 5.41) is 9.35. The fraction of sp³-hybridized carbons (Fsp3) is 0.333. The summed E-state index contributed by atoms with van der Waals surface area (Å²) in [6.07, 6.45) is 1.73. The van der Waals surface area contributed by atoms with E-state index in [0.717, 1.165) is 29.3 Å². The first-order valence-corrected chi connectivity index (χ1v) is 10.5. The standard InChI is InChI=1S/C24H24F3N3O3/c1-12-20-18(9-19(21(12)27)29-7-6-13(10-29)24(2,3)28)30(11-15(22(20)31)23(32)33)17-5-4-14(25)8-16(17)26/h4-5,8-9,11,13H,6-7,10,28H2,1-3H3,(H,32,33)/t13-/m0/s1. The first-order valence-electron chi connectivity index (χ1n) is 10.5. The monoisotopic (exact) mass is 459 g/mol. The van der Waals surface area contributed by atoms with E-state index in [4.69, 9.17) is 5.73 Å². The highest BCUT2D eigenvalue weighted by molar-refractivity contribution is 5.95. The summed E-state index contributed by atoms with van der Waals surface area (Å²) < 4.78 is 44.8. The molecule has 174 valence electrons. The molecule has 6 nitrogen and oxygen atoms in total. The lowest BCUT2D eigenvalue weighted by Gasteiger charge is -2.28. The zero-order valence-electron chi connectivity index (χ0n) is 18.5. The van der Waals surface area contributed by atoms with E-state index in [9.17, 15) is 23.5 Å². The fourth-order valence-electron chi connectivity index (χ4n) is 4.47. The summed E-state index contributed by atoms with van der Waals surface area (Å²) >= 11 is 0. The minimum Gasteiger partial charge on any atom is -0.477 e. The van der Waals surface area contributed by atoms with Gasteiger partial charge in [0.25, 0.3) is 0 Å². The number of pyridine rings is 1. The molecule has 1 aliphatic rings.